The van der Waals surface area contributed by atoms with Gasteiger partial charge in [-0.3, -0.25) is 9.59 Å². The molecule has 0 unspecified atom stereocenters. The van der Waals surface area contributed by atoms with Crippen LogP contribution in [0.4, 0.5) is 0 Å². The highest BCUT2D eigenvalue weighted by Crippen LogP contribution is 2.29. The molecule has 0 atom stereocenters. The molecule has 0 bridgehead atoms. The molecular formula is C18H14ClNO4S2. The van der Waals surface area contributed by atoms with Crippen LogP contribution >= 0.6 is 34.7 Å². The second kappa shape index (κ2) is 8.53. The fourth-order valence-corrected chi connectivity index (χ4v) is 4.27. The zero-order chi connectivity index (χ0) is 18.5. The number of hydrogen-bond acceptors (Lipinski definition) is 7. The van der Waals surface area contributed by atoms with Crippen LogP contribution in [0.15, 0.2) is 46.8 Å². The van der Waals surface area contributed by atoms with Gasteiger partial charge in [-0.1, -0.05) is 35.5 Å². The number of rotatable bonds is 7. The predicted molar refractivity (Wildman–Crippen MR) is 104 cm³/mol. The number of thiazole rings is 1. The summed E-state index contributed by atoms with van der Waals surface area (Å²) in [6, 6.07) is 12.4. The van der Waals surface area contributed by atoms with E-state index in [1.165, 1.54) is 36.3 Å². The van der Waals surface area contributed by atoms with Crippen LogP contribution in [0.3, 0.4) is 0 Å². The standard InChI is InChI=1S/C18H14ClNO4S2/c1-23-15-7-6-11(8-12(15)19)14(21)9-24-17(22)10-25-18-20-13-4-2-3-5-16(13)26-18/h2-8H,9-10H2,1H3. The Balaban J connectivity index is 1.50. The van der Waals surface area contributed by atoms with Crippen LogP contribution in [0.5, 0.6) is 5.75 Å². The fourth-order valence-electron chi connectivity index (χ4n) is 2.14. The minimum atomic E-state index is -0.470. The molecule has 0 N–H and O–H groups in total. The zero-order valence-electron chi connectivity index (χ0n) is 13.7. The molecule has 1 aromatic heterocycles. The zero-order valence-corrected chi connectivity index (χ0v) is 16.1. The van der Waals surface area contributed by atoms with Crippen molar-refractivity contribution in [1.82, 2.24) is 4.98 Å². The number of aromatic nitrogens is 1. The molecular weight excluding hydrogens is 394 g/mol. The summed E-state index contributed by atoms with van der Waals surface area (Å²) in [7, 11) is 1.49. The highest BCUT2D eigenvalue weighted by molar-refractivity contribution is 8.01. The second-order valence-corrected chi connectivity index (χ2v) is 7.83. The molecule has 0 radical (unpaired) electrons. The monoisotopic (exact) mass is 407 g/mol. The Kier molecular flexibility index (Phi) is 6.13. The van der Waals surface area contributed by atoms with E-state index < -0.39 is 5.97 Å². The summed E-state index contributed by atoms with van der Waals surface area (Å²) in [5.41, 5.74) is 1.27. The fraction of sp³-hybridized carbons (Fsp3) is 0.167. The van der Waals surface area contributed by atoms with E-state index in [1.807, 2.05) is 24.3 Å². The van der Waals surface area contributed by atoms with Gasteiger partial charge < -0.3 is 9.47 Å². The Labute approximate surface area is 163 Å². The highest BCUT2D eigenvalue weighted by Gasteiger charge is 2.13. The number of Topliss-reactive ketones (excluding diaryl/α,β-unsaturated/α-hetero) is 1. The number of carbonyl (C=O) groups excluding carboxylic acids is 2. The van der Waals surface area contributed by atoms with Gasteiger partial charge in [0.25, 0.3) is 0 Å². The van der Waals surface area contributed by atoms with Crippen molar-refractivity contribution >= 4 is 56.7 Å². The minimum absolute atomic E-state index is 0.0937. The van der Waals surface area contributed by atoms with E-state index in [0.29, 0.717) is 16.3 Å². The van der Waals surface area contributed by atoms with Gasteiger partial charge in [0.1, 0.15) is 5.75 Å². The van der Waals surface area contributed by atoms with Gasteiger partial charge in [0, 0.05) is 5.56 Å². The minimum Gasteiger partial charge on any atom is -0.495 e. The summed E-state index contributed by atoms with van der Waals surface area (Å²) in [6.45, 7) is -0.331. The molecule has 2 aromatic carbocycles. The Morgan fingerprint density at radius 1 is 1.23 bits per heavy atom. The van der Waals surface area contributed by atoms with Crippen molar-refractivity contribution in [3.05, 3.63) is 53.1 Å². The first-order valence-corrected chi connectivity index (χ1v) is 9.75. The maximum Gasteiger partial charge on any atom is 0.316 e. The van der Waals surface area contributed by atoms with Gasteiger partial charge in [0.15, 0.2) is 16.7 Å². The molecule has 3 rings (SSSR count). The van der Waals surface area contributed by atoms with Gasteiger partial charge in [-0.05, 0) is 30.3 Å². The van der Waals surface area contributed by atoms with Gasteiger partial charge in [-0.15, -0.1) is 11.3 Å². The van der Waals surface area contributed by atoms with Crippen LogP contribution in [0, 0.1) is 0 Å². The van der Waals surface area contributed by atoms with Gasteiger partial charge in [0.2, 0.25) is 0 Å². The van der Waals surface area contributed by atoms with Crippen LogP contribution < -0.4 is 4.74 Å². The topological polar surface area (TPSA) is 65.5 Å². The molecule has 0 spiro atoms. The van der Waals surface area contributed by atoms with Gasteiger partial charge in [-0.25, -0.2) is 4.98 Å². The molecule has 3 aromatic rings. The number of nitrogens with zero attached hydrogens (tertiary/aromatic N) is 1. The van der Waals surface area contributed by atoms with E-state index in [9.17, 15) is 9.59 Å². The second-order valence-electron chi connectivity index (χ2n) is 5.17. The predicted octanol–water partition coefficient (Wildman–Crippen LogP) is 4.48. The van der Waals surface area contributed by atoms with Crippen molar-refractivity contribution in [2.75, 3.05) is 19.5 Å². The van der Waals surface area contributed by atoms with E-state index >= 15 is 0 Å². The van der Waals surface area contributed by atoms with E-state index in [0.717, 1.165) is 14.6 Å². The first-order chi connectivity index (χ1) is 12.6. The van der Waals surface area contributed by atoms with Crippen LogP contribution in [0.2, 0.25) is 5.02 Å². The number of halogens is 1. The molecule has 0 saturated carbocycles. The molecule has 0 aliphatic heterocycles. The van der Waals surface area contributed by atoms with Gasteiger partial charge in [-0.2, -0.15) is 0 Å². The molecule has 8 heteroatoms. The lowest BCUT2D eigenvalue weighted by Gasteiger charge is -2.06. The van der Waals surface area contributed by atoms with E-state index in [2.05, 4.69) is 4.98 Å². The van der Waals surface area contributed by atoms with Crippen LogP contribution in [-0.2, 0) is 9.53 Å². The molecule has 0 aliphatic rings. The summed E-state index contributed by atoms with van der Waals surface area (Å²) in [5, 5.41) is 0.330. The number of thioether (sulfide) groups is 1. The Bertz CT molecular complexity index is 924. The molecule has 26 heavy (non-hydrogen) atoms. The third-order valence-corrected chi connectivity index (χ3v) is 5.87. The van der Waals surface area contributed by atoms with Crippen molar-refractivity contribution in [2.24, 2.45) is 0 Å². The van der Waals surface area contributed by atoms with Crippen molar-refractivity contribution in [3.8, 4) is 5.75 Å². The Morgan fingerprint density at radius 3 is 2.77 bits per heavy atom. The Morgan fingerprint density at radius 2 is 2.04 bits per heavy atom. The maximum atomic E-state index is 12.1. The number of methoxy groups -OCH3 is 1. The summed E-state index contributed by atoms with van der Waals surface area (Å²) >= 11 is 8.80. The molecule has 0 aliphatic carbocycles. The summed E-state index contributed by atoms with van der Waals surface area (Å²) in [5.74, 6) is -0.223. The number of esters is 1. The average Bonchev–Trinajstić information content (AvgIpc) is 3.07. The van der Waals surface area contributed by atoms with E-state index in [1.54, 1.807) is 12.1 Å². The Hall–Kier alpha value is -2.09. The molecule has 1 heterocycles. The first-order valence-electron chi connectivity index (χ1n) is 7.57. The summed E-state index contributed by atoms with van der Waals surface area (Å²) in [4.78, 5) is 28.4. The lowest BCUT2D eigenvalue weighted by molar-refractivity contribution is -0.139. The summed E-state index contributed by atoms with van der Waals surface area (Å²) < 4.78 is 11.9. The first kappa shape index (κ1) is 18.7. The normalized spacial score (nSPS) is 10.7. The quantitative estimate of drug-likeness (QED) is 0.327. The average molecular weight is 408 g/mol. The van der Waals surface area contributed by atoms with E-state index in [4.69, 9.17) is 21.1 Å². The van der Waals surface area contributed by atoms with Crippen molar-refractivity contribution in [1.29, 1.82) is 0 Å². The SMILES string of the molecule is COc1ccc(C(=O)COC(=O)CSc2nc3ccccc3s2)cc1Cl. The number of fused-ring (bicyclic) bond motifs is 1. The smallest absolute Gasteiger partial charge is 0.316 e. The maximum absolute atomic E-state index is 12.1. The number of hydrogen-bond donors (Lipinski definition) is 0. The number of ketones is 1. The third-order valence-electron chi connectivity index (χ3n) is 3.43. The van der Waals surface area contributed by atoms with Crippen molar-refractivity contribution < 1.29 is 19.1 Å². The number of para-hydroxylation sites is 1. The number of ether oxygens (including phenoxy) is 2. The lowest BCUT2D eigenvalue weighted by Crippen LogP contribution is -2.15. The largest absolute Gasteiger partial charge is 0.495 e. The van der Waals surface area contributed by atoms with Gasteiger partial charge >= 0.3 is 5.97 Å². The van der Waals surface area contributed by atoms with E-state index in [-0.39, 0.29) is 18.1 Å². The summed E-state index contributed by atoms with van der Waals surface area (Å²) in [6.07, 6.45) is 0. The van der Waals surface area contributed by atoms with Crippen LogP contribution in [0.25, 0.3) is 10.2 Å². The third kappa shape index (κ3) is 4.55. The molecule has 0 amide bonds. The number of benzene rings is 2. The van der Waals surface area contributed by atoms with Gasteiger partial charge in [0.05, 0.1) is 28.1 Å². The molecule has 0 fully saturated rings. The van der Waals surface area contributed by atoms with Crippen LogP contribution in [0.1, 0.15) is 10.4 Å². The van der Waals surface area contributed by atoms with Crippen molar-refractivity contribution in [3.63, 3.8) is 0 Å². The van der Waals surface area contributed by atoms with Crippen molar-refractivity contribution in [2.45, 2.75) is 4.34 Å². The number of carbonyl (C=O) groups is 2. The molecule has 134 valence electrons. The molecule has 0 saturated heterocycles. The van der Waals surface area contributed by atoms with Crippen LogP contribution in [-0.4, -0.2) is 36.2 Å². The lowest BCUT2D eigenvalue weighted by atomic mass is 10.1. The molecule has 5 nitrogen and oxygen atoms in total. The highest BCUT2D eigenvalue weighted by atomic mass is 35.5.